The molecular weight excluding hydrogens is 334 g/mol. The van der Waals surface area contributed by atoms with Gasteiger partial charge >= 0.3 is 0 Å². The molecule has 0 aromatic heterocycles. The van der Waals surface area contributed by atoms with Crippen LogP contribution in [0.1, 0.15) is 20.8 Å². The molecule has 116 valence electrons. The molecule has 5 nitrogen and oxygen atoms in total. The highest BCUT2D eigenvalue weighted by Gasteiger charge is 2.18. The summed E-state index contributed by atoms with van der Waals surface area (Å²) in [5, 5.41) is 5.72. The lowest BCUT2D eigenvalue weighted by molar-refractivity contribution is -0.132. The molecule has 21 heavy (non-hydrogen) atoms. The van der Waals surface area contributed by atoms with Gasteiger partial charge in [-0.15, -0.1) is 0 Å². The third kappa shape index (κ3) is 5.85. The number of amides is 2. The highest BCUT2D eigenvalue weighted by Crippen LogP contribution is 2.13. The number of anilines is 1. The van der Waals surface area contributed by atoms with Crippen LogP contribution in [-0.2, 0) is 9.59 Å². The van der Waals surface area contributed by atoms with Gasteiger partial charge in [-0.2, -0.15) is 0 Å². The van der Waals surface area contributed by atoms with Gasteiger partial charge in [-0.1, -0.05) is 15.9 Å². The van der Waals surface area contributed by atoms with Crippen molar-refractivity contribution in [2.75, 3.05) is 25.0 Å². The van der Waals surface area contributed by atoms with Crippen LogP contribution in [0.2, 0.25) is 0 Å². The first-order chi connectivity index (χ1) is 9.97. The Morgan fingerprint density at radius 3 is 2.29 bits per heavy atom. The van der Waals surface area contributed by atoms with Crippen molar-refractivity contribution in [3.05, 3.63) is 28.7 Å². The summed E-state index contributed by atoms with van der Waals surface area (Å²) in [6.45, 7) is 7.10. The molecule has 1 rings (SSSR count). The van der Waals surface area contributed by atoms with Gasteiger partial charge in [-0.25, -0.2) is 0 Å². The van der Waals surface area contributed by atoms with Crippen LogP contribution in [0.4, 0.5) is 5.69 Å². The topological polar surface area (TPSA) is 61.4 Å². The van der Waals surface area contributed by atoms with Crippen molar-refractivity contribution in [1.29, 1.82) is 0 Å². The molecule has 0 saturated heterocycles. The molecule has 0 spiro atoms. The van der Waals surface area contributed by atoms with Gasteiger partial charge in [0.25, 0.3) is 0 Å². The highest BCUT2D eigenvalue weighted by atomic mass is 79.9. The molecule has 0 heterocycles. The normalized spacial score (nSPS) is 11.8. The minimum atomic E-state index is -0.374. The minimum absolute atomic E-state index is 0.0106. The van der Waals surface area contributed by atoms with E-state index in [0.717, 1.165) is 10.2 Å². The van der Waals surface area contributed by atoms with Gasteiger partial charge in [-0.05, 0) is 45.0 Å². The Labute approximate surface area is 134 Å². The van der Waals surface area contributed by atoms with Gasteiger partial charge in [0.2, 0.25) is 11.8 Å². The molecule has 0 aliphatic heterocycles. The Morgan fingerprint density at radius 1 is 1.19 bits per heavy atom. The number of rotatable bonds is 7. The summed E-state index contributed by atoms with van der Waals surface area (Å²) in [6, 6.07) is 6.96. The molecule has 6 heteroatoms. The van der Waals surface area contributed by atoms with E-state index in [1.165, 1.54) is 0 Å². The van der Waals surface area contributed by atoms with Crippen LogP contribution in [0.3, 0.4) is 0 Å². The van der Waals surface area contributed by atoms with E-state index in [4.69, 9.17) is 0 Å². The number of hydrogen-bond donors (Lipinski definition) is 2. The van der Waals surface area contributed by atoms with Crippen molar-refractivity contribution in [2.24, 2.45) is 0 Å². The summed E-state index contributed by atoms with van der Waals surface area (Å²) in [4.78, 5) is 25.6. The molecule has 2 amide bonds. The standard InChI is InChI=1S/C15H22BrN3O2/c1-4-19(5-2)15(21)11(3)17-10-14(20)18-13-8-6-12(16)7-9-13/h6-9,11,17H,4-5,10H2,1-3H3,(H,18,20). The second-order valence-electron chi connectivity index (χ2n) is 4.67. The lowest BCUT2D eigenvalue weighted by Crippen LogP contribution is -2.46. The Hall–Kier alpha value is -1.40. The minimum Gasteiger partial charge on any atom is -0.342 e. The maximum Gasteiger partial charge on any atom is 0.239 e. The molecule has 1 aromatic carbocycles. The number of hydrogen-bond acceptors (Lipinski definition) is 3. The third-order valence-corrected chi connectivity index (χ3v) is 3.67. The molecular formula is C15H22BrN3O2. The maximum atomic E-state index is 12.0. The third-order valence-electron chi connectivity index (χ3n) is 3.14. The predicted octanol–water partition coefficient (Wildman–Crippen LogP) is 2.23. The van der Waals surface area contributed by atoms with Crippen molar-refractivity contribution in [2.45, 2.75) is 26.8 Å². The molecule has 0 aliphatic rings. The maximum absolute atomic E-state index is 12.0. The fraction of sp³-hybridized carbons (Fsp3) is 0.467. The van der Waals surface area contributed by atoms with Gasteiger partial charge in [-0.3, -0.25) is 14.9 Å². The summed E-state index contributed by atoms with van der Waals surface area (Å²) >= 11 is 3.34. The van der Waals surface area contributed by atoms with Gasteiger partial charge in [0.1, 0.15) is 0 Å². The number of nitrogens with zero attached hydrogens (tertiary/aromatic N) is 1. The molecule has 2 N–H and O–H groups in total. The Balaban J connectivity index is 2.42. The second kappa shape index (κ2) is 8.79. The van der Waals surface area contributed by atoms with Crippen LogP contribution in [0.15, 0.2) is 28.7 Å². The average molecular weight is 356 g/mol. The van der Waals surface area contributed by atoms with E-state index in [1.54, 1.807) is 11.8 Å². The van der Waals surface area contributed by atoms with Crippen molar-refractivity contribution in [3.8, 4) is 0 Å². The molecule has 0 aliphatic carbocycles. The van der Waals surface area contributed by atoms with Crippen molar-refractivity contribution >= 4 is 33.4 Å². The van der Waals surface area contributed by atoms with Crippen LogP contribution < -0.4 is 10.6 Å². The first-order valence-electron chi connectivity index (χ1n) is 7.05. The van der Waals surface area contributed by atoms with E-state index in [9.17, 15) is 9.59 Å². The van der Waals surface area contributed by atoms with Gasteiger partial charge in [0.05, 0.1) is 12.6 Å². The van der Waals surface area contributed by atoms with Crippen molar-refractivity contribution in [3.63, 3.8) is 0 Å². The molecule has 0 saturated carbocycles. The molecule has 1 aromatic rings. The van der Waals surface area contributed by atoms with E-state index < -0.39 is 0 Å². The van der Waals surface area contributed by atoms with Gasteiger partial charge < -0.3 is 10.2 Å². The van der Waals surface area contributed by atoms with Crippen LogP contribution in [0, 0.1) is 0 Å². The van der Waals surface area contributed by atoms with E-state index in [1.807, 2.05) is 38.1 Å². The van der Waals surface area contributed by atoms with E-state index in [2.05, 4.69) is 26.6 Å². The Morgan fingerprint density at radius 2 is 1.76 bits per heavy atom. The van der Waals surface area contributed by atoms with Crippen LogP contribution in [0.5, 0.6) is 0 Å². The lowest BCUT2D eigenvalue weighted by atomic mass is 10.2. The molecule has 0 radical (unpaired) electrons. The summed E-state index contributed by atoms with van der Waals surface area (Å²) in [7, 11) is 0. The zero-order valence-electron chi connectivity index (χ0n) is 12.6. The lowest BCUT2D eigenvalue weighted by Gasteiger charge is -2.23. The van der Waals surface area contributed by atoms with E-state index >= 15 is 0 Å². The van der Waals surface area contributed by atoms with Crippen LogP contribution in [-0.4, -0.2) is 42.4 Å². The summed E-state index contributed by atoms with van der Waals surface area (Å²) in [5.74, 6) is -0.159. The number of nitrogens with one attached hydrogen (secondary N) is 2. The SMILES string of the molecule is CCN(CC)C(=O)C(C)NCC(=O)Nc1ccc(Br)cc1. The number of benzene rings is 1. The van der Waals surface area contributed by atoms with Crippen LogP contribution >= 0.6 is 15.9 Å². The summed E-state index contributed by atoms with van der Waals surface area (Å²) < 4.78 is 0.956. The molecule has 1 unspecified atom stereocenters. The largest absolute Gasteiger partial charge is 0.342 e. The van der Waals surface area contributed by atoms with E-state index in [-0.39, 0.29) is 24.4 Å². The molecule has 0 bridgehead atoms. The van der Waals surface area contributed by atoms with Gasteiger partial charge in [0, 0.05) is 23.2 Å². The smallest absolute Gasteiger partial charge is 0.239 e. The van der Waals surface area contributed by atoms with Crippen molar-refractivity contribution in [1.82, 2.24) is 10.2 Å². The monoisotopic (exact) mass is 355 g/mol. The summed E-state index contributed by atoms with van der Waals surface area (Å²) in [5.41, 5.74) is 0.729. The average Bonchev–Trinajstić information content (AvgIpc) is 2.48. The summed E-state index contributed by atoms with van der Waals surface area (Å²) in [6.07, 6.45) is 0. The Kier molecular flexibility index (Phi) is 7.39. The predicted molar refractivity (Wildman–Crippen MR) is 88.2 cm³/mol. The highest BCUT2D eigenvalue weighted by molar-refractivity contribution is 9.10. The fourth-order valence-corrected chi connectivity index (χ4v) is 2.14. The zero-order valence-corrected chi connectivity index (χ0v) is 14.2. The Bertz CT molecular complexity index is 472. The molecule has 0 fully saturated rings. The first kappa shape index (κ1) is 17.7. The zero-order chi connectivity index (χ0) is 15.8. The van der Waals surface area contributed by atoms with Crippen molar-refractivity contribution < 1.29 is 9.59 Å². The van der Waals surface area contributed by atoms with E-state index in [0.29, 0.717) is 13.1 Å². The second-order valence-corrected chi connectivity index (χ2v) is 5.58. The number of halogens is 1. The quantitative estimate of drug-likeness (QED) is 0.788. The number of carbonyl (C=O) groups excluding carboxylic acids is 2. The first-order valence-corrected chi connectivity index (χ1v) is 7.84. The molecule has 1 atom stereocenters. The fourth-order valence-electron chi connectivity index (χ4n) is 1.88. The number of likely N-dealkylation sites (N-methyl/N-ethyl adjacent to an activating group) is 1. The number of carbonyl (C=O) groups is 2. The van der Waals surface area contributed by atoms with Crippen LogP contribution in [0.25, 0.3) is 0 Å². The van der Waals surface area contributed by atoms with Gasteiger partial charge in [0.15, 0.2) is 0 Å².